The molecule has 88 valence electrons. The van der Waals surface area contributed by atoms with Crippen LogP contribution in [-0.4, -0.2) is 9.97 Å². The summed E-state index contributed by atoms with van der Waals surface area (Å²) < 4.78 is 0. The van der Waals surface area contributed by atoms with Crippen LogP contribution in [0.1, 0.15) is 18.5 Å². The monoisotopic (exact) mass is 267 g/mol. The number of rotatable bonds is 3. The van der Waals surface area contributed by atoms with Crippen molar-refractivity contribution in [3.05, 3.63) is 52.4 Å². The molecule has 2 rings (SSSR count). The molecule has 1 aromatic heterocycles. The summed E-state index contributed by atoms with van der Waals surface area (Å²) >= 11 is 12.1. The SMILES string of the molecule is CC(Nc1ncncc1Cl)c1ccccc1Cl. The van der Waals surface area contributed by atoms with Gasteiger partial charge >= 0.3 is 0 Å². The van der Waals surface area contributed by atoms with Gasteiger partial charge < -0.3 is 5.32 Å². The first kappa shape index (κ1) is 12.1. The molecule has 0 radical (unpaired) electrons. The molecule has 0 amide bonds. The van der Waals surface area contributed by atoms with Gasteiger partial charge in [-0.3, -0.25) is 0 Å². The Kier molecular flexibility index (Phi) is 3.82. The number of anilines is 1. The van der Waals surface area contributed by atoms with Crippen molar-refractivity contribution < 1.29 is 0 Å². The molecule has 1 aromatic carbocycles. The van der Waals surface area contributed by atoms with Gasteiger partial charge in [-0.25, -0.2) is 9.97 Å². The summed E-state index contributed by atoms with van der Waals surface area (Å²) in [6, 6.07) is 7.69. The molecule has 1 N–H and O–H groups in total. The van der Waals surface area contributed by atoms with Crippen molar-refractivity contribution in [2.75, 3.05) is 5.32 Å². The van der Waals surface area contributed by atoms with E-state index in [1.54, 1.807) is 6.20 Å². The highest BCUT2D eigenvalue weighted by Gasteiger charge is 2.11. The molecule has 1 atom stereocenters. The maximum Gasteiger partial charge on any atom is 0.148 e. The van der Waals surface area contributed by atoms with Crippen LogP contribution in [0.5, 0.6) is 0 Å². The summed E-state index contributed by atoms with van der Waals surface area (Å²) in [5.74, 6) is 0.606. The highest BCUT2D eigenvalue weighted by atomic mass is 35.5. The van der Waals surface area contributed by atoms with Crippen molar-refractivity contribution in [1.29, 1.82) is 0 Å². The van der Waals surface area contributed by atoms with E-state index in [0.717, 1.165) is 10.6 Å². The molecule has 1 heterocycles. The topological polar surface area (TPSA) is 37.8 Å². The molecule has 0 bridgehead atoms. The molecule has 0 saturated heterocycles. The quantitative estimate of drug-likeness (QED) is 0.915. The maximum absolute atomic E-state index is 6.12. The summed E-state index contributed by atoms with van der Waals surface area (Å²) in [5.41, 5.74) is 1.00. The van der Waals surface area contributed by atoms with Gasteiger partial charge in [-0.2, -0.15) is 0 Å². The molecule has 2 aromatic rings. The van der Waals surface area contributed by atoms with Gasteiger partial charge in [0, 0.05) is 5.02 Å². The number of hydrogen-bond donors (Lipinski definition) is 1. The Morgan fingerprint density at radius 2 is 1.94 bits per heavy atom. The zero-order valence-corrected chi connectivity index (χ0v) is 10.7. The van der Waals surface area contributed by atoms with Gasteiger partial charge in [-0.15, -0.1) is 0 Å². The van der Waals surface area contributed by atoms with Crippen molar-refractivity contribution in [2.45, 2.75) is 13.0 Å². The normalized spacial score (nSPS) is 12.2. The third kappa shape index (κ3) is 2.87. The summed E-state index contributed by atoms with van der Waals surface area (Å²) in [6.07, 6.45) is 3.00. The first-order chi connectivity index (χ1) is 8.18. The summed E-state index contributed by atoms with van der Waals surface area (Å²) in [4.78, 5) is 7.91. The lowest BCUT2D eigenvalue weighted by molar-refractivity contribution is 0.872. The van der Waals surface area contributed by atoms with Crippen LogP contribution in [-0.2, 0) is 0 Å². The first-order valence-electron chi connectivity index (χ1n) is 5.15. The van der Waals surface area contributed by atoms with Gasteiger partial charge in [0.25, 0.3) is 0 Å². The van der Waals surface area contributed by atoms with Crippen LogP contribution in [0.15, 0.2) is 36.8 Å². The number of benzene rings is 1. The van der Waals surface area contributed by atoms with E-state index in [2.05, 4.69) is 15.3 Å². The summed E-state index contributed by atoms with van der Waals surface area (Å²) in [5, 5.41) is 4.41. The molecule has 0 aliphatic heterocycles. The maximum atomic E-state index is 6.12. The van der Waals surface area contributed by atoms with Crippen molar-refractivity contribution >= 4 is 29.0 Å². The van der Waals surface area contributed by atoms with Gasteiger partial charge in [0.15, 0.2) is 0 Å². The number of nitrogens with zero attached hydrogens (tertiary/aromatic N) is 2. The standard InChI is InChI=1S/C12H11Cl2N3/c1-8(9-4-2-3-5-10(9)13)17-12-11(14)6-15-7-16-12/h2-8H,1H3,(H,15,16,17). The van der Waals surface area contributed by atoms with Crippen LogP contribution in [0.2, 0.25) is 10.0 Å². The van der Waals surface area contributed by atoms with Crippen molar-refractivity contribution in [3.63, 3.8) is 0 Å². The average molecular weight is 268 g/mol. The van der Waals surface area contributed by atoms with Gasteiger partial charge in [-0.05, 0) is 18.6 Å². The molecule has 5 heteroatoms. The van der Waals surface area contributed by atoms with E-state index in [0.29, 0.717) is 10.8 Å². The van der Waals surface area contributed by atoms with E-state index in [4.69, 9.17) is 23.2 Å². The molecule has 0 aliphatic carbocycles. The molecular formula is C12H11Cl2N3. The fourth-order valence-corrected chi connectivity index (χ4v) is 1.99. The molecule has 0 aliphatic rings. The number of aromatic nitrogens is 2. The molecular weight excluding hydrogens is 257 g/mol. The van der Waals surface area contributed by atoms with E-state index in [1.165, 1.54) is 6.33 Å². The summed E-state index contributed by atoms with van der Waals surface area (Å²) in [7, 11) is 0. The predicted molar refractivity (Wildman–Crippen MR) is 70.5 cm³/mol. The second-order valence-corrected chi connectivity index (χ2v) is 4.42. The zero-order valence-electron chi connectivity index (χ0n) is 9.19. The number of nitrogens with one attached hydrogen (secondary N) is 1. The predicted octanol–water partition coefficient (Wildman–Crippen LogP) is 3.96. The Morgan fingerprint density at radius 3 is 2.65 bits per heavy atom. The van der Waals surface area contributed by atoms with Gasteiger partial charge in [0.1, 0.15) is 17.2 Å². The second kappa shape index (κ2) is 5.34. The van der Waals surface area contributed by atoms with E-state index in [9.17, 15) is 0 Å². The Bertz CT molecular complexity index is 517. The van der Waals surface area contributed by atoms with Gasteiger partial charge in [0.05, 0.1) is 12.2 Å². The van der Waals surface area contributed by atoms with Crippen LogP contribution < -0.4 is 5.32 Å². The van der Waals surface area contributed by atoms with E-state index >= 15 is 0 Å². The lowest BCUT2D eigenvalue weighted by Gasteiger charge is -2.16. The number of halogens is 2. The Morgan fingerprint density at radius 1 is 1.18 bits per heavy atom. The molecule has 0 saturated carbocycles. The van der Waals surface area contributed by atoms with Crippen molar-refractivity contribution in [1.82, 2.24) is 9.97 Å². The minimum Gasteiger partial charge on any atom is -0.362 e. The minimum absolute atomic E-state index is 0.0242. The molecule has 17 heavy (non-hydrogen) atoms. The van der Waals surface area contributed by atoms with E-state index in [-0.39, 0.29) is 6.04 Å². The lowest BCUT2D eigenvalue weighted by atomic mass is 10.1. The lowest BCUT2D eigenvalue weighted by Crippen LogP contribution is -2.08. The molecule has 0 fully saturated rings. The van der Waals surface area contributed by atoms with Crippen LogP contribution in [0, 0.1) is 0 Å². The first-order valence-corrected chi connectivity index (χ1v) is 5.90. The smallest absolute Gasteiger partial charge is 0.148 e. The largest absolute Gasteiger partial charge is 0.362 e. The van der Waals surface area contributed by atoms with Crippen molar-refractivity contribution in [2.24, 2.45) is 0 Å². The zero-order chi connectivity index (χ0) is 12.3. The fourth-order valence-electron chi connectivity index (χ4n) is 1.53. The Hall–Kier alpha value is -1.32. The average Bonchev–Trinajstić information content (AvgIpc) is 2.32. The molecule has 1 unspecified atom stereocenters. The van der Waals surface area contributed by atoms with Crippen LogP contribution in [0.3, 0.4) is 0 Å². The van der Waals surface area contributed by atoms with Crippen LogP contribution >= 0.6 is 23.2 Å². The number of hydrogen-bond acceptors (Lipinski definition) is 3. The fraction of sp³-hybridized carbons (Fsp3) is 0.167. The molecule has 3 nitrogen and oxygen atoms in total. The van der Waals surface area contributed by atoms with Crippen LogP contribution in [0.25, 0.3) is 0 Å². The Labute approximate surface area is 110 Å². The third-order valence-corrected chi connectivity index (χ3v) is 3.01. The summed E-state index contributed by atoms with van der Waals surface area (Å²) in [6.45, 7) is 2.00. The highest BCUT2D eigenvalue weighted by Crippen LogP contribution is 2.27. The van der Waals surface area contributed by atoms with E-state index in [1.807, 2.05) is 31.2 Å². The second-order valence-electron chi connectivity index (χ2n) is 3.61. The van der Waals surface area contributed by atoms with Crippen molar-refractivity contribution in [3.8, 4) is 0 Å². The minimum atomic E-state index is 0.0242. The van der Waals surface area contributed by atoms with Gasteiger partial charge in [0.2, 0.25) is 0 Å². The third-order valence-electron chi connectivity index (χ3n) is 2.39. The van der Waals surface area contributed by atoms with E-state index < -0.39 is 0 Å². The highest BCUT2D eigenvalue weighted by molar-refractivity contribution is 6.32. The Balaban J connectivity index is 2.20. The van der Waals surface area contributed by atoms with Crippen LogP contribution in [0.4, 0.5) is 5.82 Å². The molecule has 0 spiro atoms. The van der Waals surface area contributed by atoms with Gasteiger partial charge in [-0.1, -0.05) is 41.4 Å².